The van der Waals surface area contributed by atoms with Gasteiger partial charge in [-0.25, -0.2) is 4.79 Å². The molecule has 2 bridgehead atoms. The highest BCUT2D eigenvalue weighted by atomic mass is 35.5. The molecule has 1 aromatic heterocycles. The van der Waals surface area contributed by atoms with E-state index in [0.29, 0.717) is 24.0 Å². The third-order valence-corrected chi connectivity index (χ3v) is 6.37. The summed E-state index contributed by atoms with van der Waals surface area (Å²) in [5.74, 6) is 2.50. The molecular formula is C20H24ClNO2. The van der Waals surface area contributed by atoms with Gasteiger partial charge < -0.3 is 9.30 Å². The molecule has 0 N–H and O–H groups in total. The van der Waals surface area contributed by atoms with Crippen molar-refractivity contribution in [1.82, 2.24) is 4.57 Å². The number of nitrogens with zero attached hydrogens (tertiary/aromatic N) is 1. The highest BCUT2D eigenvalue weighted by Gasteiger charge is 2.40. The normalized spacial score (nSPS) is 25.5. The maximum Gasteiger partial charge on any atom is 0.340 e. The lowest BCUT2D eigenvalue weighted by atomic mass is 9.83. The first-order valence-electron chi connectivity index (χ1n) is 8.98. The number of aryl methyl sites for hydroxylation is 1. The number of alkyl halides is 1. The summed E-state index contributed by atoms with van der Waals surface area (Å²) in [5.41, 5.74) is 3.99. The molecule has 2 fully saturated rings. The zero-order chi connectivity index (χ0) is 16.8. The molecule has 0 saturated heterocycles. The fourth-order valence-corrected chi connectivity index (χ4v) is 5.29. The van der Waals surface area contributed by atoms with Crippen LogP contribution >= 0.6 is 11.6 Å². The summed E-state index contributed by atoms with van der Waals surface area (Å²) >= 11 is 6.14. The Hall–Kier alpha value is -1.48. The highest BCUT2D eigenvalue weighted by Crippen LogP contribution is 2.53. The van der Waals surface area contributed by atoms with Crippen molar-refractivity contribution in [2.75, 3.05) is 6.61 Å². The molecule has 3 nitrogen and oxygen atoms in total. The number of benzene rings is 1. The molecule has 3 unspecified atom stereocenters. The van der Waals surface area contributed by atoms with Crippen molar-refractivity contribution in [3.63, 3.8) is 0 Å². The monoisotopic (exact) mass is 345 g/mol. The molecule has 0 spiro atoms. The molecule has 4 heteroatoms. The number of hydrogen-bond donors (Lipinski definition) is 0. The summed E-state index contributed by atoms with van der Waals surface area (Å²) in [6.45, 7) is 2.21. The Morgan fingerprint density at radius 1 is 1.33 bits per heavy atom. The number of esters is 1. The van der Waals surface area contributed by atoms with Crippen LogP contribution < -0.4 is 0 Å². The molecule has 0 radical (unpaired) electrons. The maximum atomic E-state index is 12.4. The molecular weight excluding hydrogens is 322 g/mol. The topological polar surface area (TPSA) is 31.2 Å². The smallest absolute Gasteiger partial charge is 0.340 e. The zero-order valence-corrected chi connectivity index (χ0v) is 15.1. The number of aromatic nitrogens is 1. The van der Waals surface area contributed by atoms with Gasteiger partial charge in [-0.1, -0.05) is 18.6 Å². The largest absolute Gasteiger partial charge is 0.462 e. The van der Waals surface area contributed by atoms with Crippen LogP contribution in [0.4, 0.5) is 0 Å². The number of ether oxygens (including phenoxy) is 1. The van der Waals surface area contributed by atoms with Crippen molar-refractivity contribution in [2.45, 2.75) is 44.4 Å². The van der Waals surface area contributed by atoms with Crippen molar-refractivity contribution < 1.29 is 9.53 Å². The predicted octanol–water partition coefficient (Wildman–Crippen LogP) is 5.00. The maximum absolute atomic E-state index is 12.4. The molecule has 24 heavy (non-hydrogen) atoms. The molecule has 1 aromatic carbocycles. The van der Waals surface area contributed by atoms with Gasteiger partial charge in [0.1, 0.15) is 0 Å². The minimum Gasteiger partial charge on any atom is -0.462 e. The molecule has 128 valence electrons. The highest BCUT2D eigenvalue weighted by molar-refractivity contribution is 6.18. The average Bonchev–Trinajstić information content (AvgIpc) is 3.28. The van der Waals surface area contributed by atoms with Crippen LogP contribution in [0, 0.1) is 11.8 Å². The lowest BCUT2D eigenvalue weighted by Crippen LogP contribution is -2.08. The summed E-state index contributed by atoms with van der Waals surface area (Å²) in [6, 6.07) is 6.59. The van der Waals surface area contributed by atoms with Gasteiger partial charge in [-0.2, -0.15) is 0 Å². The Labute approximate surface area is 147 Å². The summed E-state index contributed by atoms with van der Waals surface area (Å²) in [5, 5.41) is 0.957. The van der Waals surface area contributed by atoms with E-state index in [-0.39, 0.29) is 5.97 Å². The Morgan fingerprint density at radius 2 is 2.17 bits per heavy atom. The predicted molar refractivity (Wildman–Crippen MR) is 96.6 cm³/mol. The van der Waals surface area contributed by atoms with E-state index in [1.54, 1.807) is 0 Å². The minimum absolute atomic E-state index is 0.272. The number of carbonyl (C=O) groups is 1. The summed E-state index contributed by atoms with van der Waals surface area (Å²) in [4.78, 5) is 12.4. The summed E-state index contributed by atoms with van der Waals surface area (Å²) in [7, 11) is 1.99. The average molecular weight is 346 g/mol. The molecule has 3 atom stereocenters. The Morgan fingerprint density at radius 3 is 2.79 bits per heavy atom. The first-order chi connectivity index (χ1) is 11.6. The molecule has 2 aliphatic rings. The van der Waals surface area contributed by atoms with Crippen LogP contribution in [0.1, 0.15) is 60.1 Å². The Balaban J connectivity index is 1.80. The molecule has 4 rings (SSSR count). The van der Waals surface area contributed by atoms with Crippen LogP contribution in [-0.4, -0.2) is 17.1 Å². The number of fused-ring (bicyclic) bond motifs is 3. The number of rotatable bonds is 4. The van der Waals surface area contributed by atoms with Crippen LogP contribution in [-0.2, 0) is 17.7 Å². The van der Waals surface area contributed by atoms with Crippen molar-refractivity contribution in [1.29, 1.82) is 0 Å². The zero-order valence-electron chi connectivity index (χ0n) is 14.3. The van der Waals surface area contributed by atoms with E-state index in [1.165, 1.54) is 31.2 Å². The van der Waals surface area contributed by atoms with Gasteiger partial charge in [0.15, 0.2) is 0 Å². The number of hydrogen-bond acceptors (Lipinski definition) is 2. The summed E-state index contributed by atoms with van der Waals surface area (Å²) in [6.07, 6.45) is 5.52. The standard InChI is InChI=1S/C20H24ClNO2/c1-3-24-20(23)19-15-7-6-14(10-17(15)22(2)18(19)11-21)16-9-12-4-5-13(16)8-12/h6-7,10,12-13,16H,3-5,8-9,11H2,1-2H3. The Kier molecular flexibility index (Phi) is 4.07. The van der Waals surface area contributed by atoms with E-state index in [0.717, 1.165) is 28.4 Å². The van der Waals surface area contributed by atoms with Crippen LogP contribution in [0.3, 0.4) is 0 Å². The van der Waals surface area contributed by atoms with Crippen molar-refractivity contribution in [2.24, 2.45) is 18.9 Å². The second-order valence-electron chi connectivity index (χ2n) is 7.29. The first kappa shape index (κ1) is 16.0. The molecule has 1 heterocycles. The van der Waals surface area contributed by atoms with Crippen molar-refractivity contribution in [3.8, 4) is 0 Å². The third-order valence-electron chi connectivity index (χ3n) is 6.12. The SMILES string of the molecule is CCOC(=O)c1c(CCl)n(C)c2cc(C3CC4CCC3C4)ccc12. The fraction of sp³-hybridized carbons (Fsp3) is 0.550. The van der Waals surface area contributed by atoms with E-state index in [2.05, 4.69) is 22.8 Å². The molecule has 2 saturated carbocycles. The second-order valence-corrected chi connectivity index (χ2v) is 7.56. The lowest BCUT2D eigenvalue weighted by molar-refractivity contribution is 0.0527. The van der Waals surface area contributed by atoms with Gasteiger partial charge in [-0.05, 0) is 55.6 Å². The van der Waals surface area contributed by atoms with Crippen LogP contribution in [0.25, 0.3) is 10.9 Å². The van der Waals surface area contributed by atoms with Crippen LogP contribution in [0.15, 0.2) is 18.2 Å². The first-order valence-corrected chi connectivity index (χ1v) is 9.51. The number of carbonyl (C=O) groups excluding carboxylic acids is 1. The molecule has 2 aromatic rings. The third kappa shape index (κ3) is 2.36. The van der Waals surface area contributed by atoms with E-state index in [4.69, 9.17) is 16.3 Å². The van der Waals surface area contributed by atoms with Crippen molar-refractivity contribution in [3.05, 3.63) is 35.0 Å². The lowest BCUT2D eigenvalue weighted by Gasteiger charge is -2.22. The van der Waals surface area contributed by atoms with E-state index >= 15 is 0 Å². The number of halogens is 1. The van der Waals surface area contributed by atoms with Gasteiger partial charge in [0.2, 0.25) is 0 Å². The minimum atomic E-state index is -0.272. The van der Waals surface area contributed by atoms with E-state index < -0.39 is 0 Å². The Bertz CT molecular complexity index is 795. The van der Waals surface area contributed by atoms with E-state index in [1.807, 2.05) is 14.0 Å². The summed E-state index contributed by atoms with van der Waals surface area (Å²) < 4.78 is 7.31. The molecule has 2 aliphatic carbocycles. The molecule has 0 amide bonds. The quantitative estimate of drug-likeness (QED) is 0.577. The van der Waals surface area contributed by atoms with Gasteiger partial charge in [-0.3, -0.25) is 0 Å². The fourth-order valence-electron chi connectivity index (χ4n) is 4.98. The van der Waals surface area contributed by atoms with Gasteiger partial charge >= 0.3 is 5.97 Å². The van der Waals surface area contributed by atoms with Crippen LogP contribution in [0.2, 0.25) is 0 Å². The van der Waals surface area contributed by atoms with Gasteiger partial charge in [0.05, 0.1) is 18.1 Å². The van der Waals surface area contributed by atoms with Crippen LogP contribution in [0.5, 0.6) is 0 Å². The van der Waals surface area contributed by atoms with E-state index in [9.17, 15) is 4.79 Å². The van der Waals surface area contributed by atoms with Gasteiger partial charge in [0.25, 0.3) is 0 Å². The van der Waals surface area contributed by atoms with Gasteiger partial charge in [-0.15, -0.1) is 11.6 Å². The second kappa shape index (κ2) is 6.11. The van der Waals surface area contributed by atoms with Gasteiger partial charge in [0, 0.05) is 23.6 Å². The molecule has 0 aliphatic heterocycles. The van der Waals surface area contributed by atoms with Crippen molar-refractivity contribution >= 4 is 28.5 Å².